The average Bonchev–Trinajstić information content (AvgIpc) is 3.98. The molecule has 0 aliphatic carbocycles. The molecule has 29 heteroatoms. The number of hydrogen-bond acceptors (Lipinski definition) is 14. The monoisotopic (exact) mass is 1160 g/mol. The van der Waals surface area contributed by atoms with E-state index in [0.717, 1.165) is 65.6 Å². The van der Waals surface area contributed by atoms with Gasteiger partial charge in [0.15, 0.2) is 0 Å². The summed E-state index contributed by atoms with van der Waals surface area (Å²) in [6, 6.07) is 2.70. The van der Waals surface area contributed by atoms with Gasteiger partial charge >= 0.3 is 31.1 Å². The van der Waals surface area contributed by atoms with Gasteiger partial charge in [0.05, 0.1) is 67.7 Å². The van der Waals surface area contributed by atoms with Crippen molar-refractivity contribution in [3.63, 3.8) is 0 Å². The van der Waals surface area contributed by atoms with Crippen LogP contribution in [0.4, 0.5) is 59.4 Å². The van der Waals surface area contributed by atoms with E-state index in [-0.39, 0.29) is 21.5 Å². The molecule has 2 bridgehead atoms. The molecule has 5 heterocycles. The number of nitrogens with one attached hydrogen (secondary N) is 4. The minimum absolute atomic E-state index is 0.197. The molecule has 3 fully saturated rings. The highest BCUT2D eigenvalue weighted by Crippen LogP contribution is 2.42. The van der Waals surface area contributed by atoms with Crippen LogP contribution in [-0.2, 0) is 36.8 Å². The number of benzene rings is 2. The summed E-state index contributed by atoms with van der Waals surface area (Å²) >= 11 is 0. The molecular formula is C52H59F10N11O8. The van der Waals surface area contributed by atoms with Crippen molar-refractivity contribution in [2.24, 2.45) is 10.8 Å². The molecule has 19 nitrogen and oxygen atoms in total. The van der Waals surface area contributed by atoms with E-state index in [2.05, 4.69) is 51.5 Å². The Kier molecular flexibility index (Phi) is 18.8. The number of methoxy groups -OCH3 is 2. The second kappa shape index (κ2) is 24.8. The summed E-state index contributed by atoms with van der Waals surface area (Å²) in [5, 5.41) is 22.1. The smallest absolute Gasteiger partial charge is 0.407 e. The molecule has 2 aromatic heterocycles. The predicted octanol–water partition coefficient (Wildman–Crippen LogP) is 6.01. The second-order valence-electron chi connectivity index (χ2n) is 20.8. The molecule has 5 N–H and O–H groups in total. The van der Waals surface area contributed by atoms with Gasteiger partial charge < -0.3 is 40.2 Å². The predicted molar refractivity (Wildman–Crippen MR) is 267 cm³/mol. The Labute approximate surface area is 458 Å². The van der Waals surface area contributed by atoms with E-state index in [9.17, 15) is 59.4 Å². The molecule has 0 radical (unpaired) electrons. The molecule has 81 heavy (non-hydrogen) atoms. The van der Waals surface area contributed by atoms with Crippen LogP contribution in [0.15, 0.2) is 61.1 Å². The number of hydrogen-bond donors (Lipinski definition) is 5. The Hall–Kier alpha value is -7.29. The number of alkyl halides is 8. The summed E-state index contributed by atoms with van der Waals surface area (Å²) < 4.78 is 161. The number of amides is 4. The van der Waals surface area contributed by atoms with Crippen LogP contribution in [0.1, 0.15) is 69.3 Å². The first-order chi connectivity index (χ1) is 38.0. The number of aliphatic hydroxyl groups excluding tert-OH is 1. The van der Waals surface area contributed by atoms with Gasteiger partial charge in [-0.1, -0.05) is 24.0 Å². The van der Waals surface area contributed by atoms with Crippen molar-refractivity contribution in [3.05, 3.63) is 94.9 Å². The van der Waals surface area contributed by atoms with Gasteiger partial charge in [-0.05, 0) is 82.9 Å². The number of carbonyl (C=O) groups excluding carboxylic acids is 4. The van der Waals surface area contributed by atoms with E-state index >= 15 is 8.78 Å². The van der Waals surface area contributed by atoms with Crippen molar-refractivity contribution >= 4 is 29.9 Å². The number of anilines is 1. The van der Waals surface area contributed by atoms with Crippen LogP contribution in [0, 0.1) is 34.3 Å². The lowest BCUT2D eigenvalue weighted by Crippen LogP contribution is -2.63. The van der Waals surface area contributed by atoms with Crippen molar-refractivity contribution < 1.29 is 82.4 Å². The highest BCUT2D eigenvalue weighted by Gasteiger charge is 2.57. The molecule has 3 unspecified atom stereocenters. The zero-order chi connectivity index (χ0) is 59.4. The van der Waals surface area contributed by atoms with Crippen molar-refractivity contribution in [2.75, 3.05) is 52.0 Å². The number of aromatic nitrogens is 4. The first-order valence-electron chi connectivity index (χ1n) is 25.2. The molecule has 2 aromatic carbocycles. The van der Waals surface area contributed by atoms with Crippen LogP contribution in [0.2, 0.25) is 0 Å². The first-order valence-corrected chi connectivity index (χ1v) is 25.2. The third-order valence-electron chi connectivity index (χ3n) is 14.6. The summed E-state index contributed by atoms with van der Waals surface area (Å²) in [6.45, 7) is -0.141. The van der Waals surface area contributed by atoms with Gasteiger partial charge in [0, 0.05) is 73.5 Å². The summed E-state index contributed by atoms with van der Waals surface area (Å²) in [6.07, 6.45) is -9.90. The van der Waals surface area contributed by atoms with E-state index in [1.54, 1.807) is 17.7 Å². The Balaban J connectivity index is 1.18. The Morgan fingerprint density at radius 2 is 1.31 bits per heavy atom. The lowest BCUT2D eigenvalue weighted by molar-refractivity contribution is -0.221. The zero-order valence-electron chi connectivity index (χ0n) is 44.5. The molecular weight excluding hydrogens is 1100 g/mol. The fourth-order valence-corrected chi connectivity index (χ4v) is 9.56. The fourth-order valence-electron chi connectivity index (χ4n) is 9.56. The van der Waals surface area contributed by atoms with Crippen LogP contribution in [0.3, 0.4) is 0 Å². The minimum Gasteiger partial charge on any atom is -0.453 e. The van der Waals surface area contributed by atoms with Crippen LogP contribution < -0.4 is 26.3 Å². The average molecular weight is 1160 g/mol. The largest absolute Gasteiger partial charge is 0.453 e. The topological polar surface area (TPSA) is 218 Å². The normalized spacial score (nSPS) is 18.5. The quantitative estimate of drug-likeness (QED) is 0.0413. The molecule has 3 saturated heterocycles. The van der Waals surface area contributed by atoms with E-state index < -0.39 is 115 Å². The number of carbonyl (C=O) groups is 4. The van der Waals surface area contributed by atoms with E-state index in [0.29, 0.717) is 80.0 Å². The number of fused-ring (bicyclic) bond motifs is 2. The number of piperazine rings is 1. The van der Waals surface area contributed by atoms with Gasteiger partial charge in [-0.3, -0.25) is 19.9 Å². The number of nitrogens with zero attached hydrogens (tertiary/aromatic N) is 7. The third-order valence-corrected chi connectivity index (χ3v) is 14.6. The zero-order valence-corrected chi connectivity index (χ0v) is 44.5. The van der Waals surface area contributed by atoms with Gasteiger partial charge in [-0.25, -0.2) is 38.0 Å². The van der Waals surface area contributed by atoms with Crippen molar-refractivity contribution in [1.82, 2.24) is 51.0 Å². The first kappa shape index (κ1) is 61.3. The van der Waals surface area contributed by atoms with Gasteiger partial charge in [0.2, 0.25) is 11.9 Å². The second-order valence-corrected chi connectivity index (χ2v) is 20.8. The molecule has 3 aliphatic rings. The summed E-state index contributed by atoms with van der Waals surface area (Å²) in [5.41, 5.74) is -4.59. The molecule has 6 atom stereocenters. The van der Waals surface area contributed by atoms with E-state index in [4.69, 9.17) is 4.74 Å². The summed E-state index contributed by atoms with van der Waals surface area (Å²) in [4.78, 5) is 66.7. The minimum atomic E-state index is -5.23. The van der Waals surface area contributed by atoms with Gasteiger partial charge in [0.25, 0.3) is 5.91 Å². The standard InChI is InChI=1S/C52H59F10N11O8/c1-49(2,51(57,58)59)41(66-47(77)79-5)43(75)65-39(17-29-10-7-28(8-11-29)9-12-30-20-63-46(64-21-30)70-22-32-13-14-33(23-70)73(32)34-26-81-27-34)40(74)25-71(69-44(76)42(67-48(78)80-6)50(3,4)52(60,61)62)24-35-36(53)18-31(19-37(35)54)38-15-16-72(68-38)45(55)56/h7-8,10-11,15-16,18-21,32-34,39-42,45,74H,13-14,17,22-27H2,1-6H3,(H,65,75)(H,66,77)(H,67,78)(H,69,76)/t32?,33?,39-,40-,41?,42+/m0/s1. The van der Waals surface area contributed by atoms with E-state index in [1.165, 1.54) is 24.3 Å². The maximum absolute atomic E-state index is 16.0. The number of rotatable bonds is 19. The Bertz CT molecular complexity index is 2910. The molecule has 0 spiro atoms. The number of aliphatic hydroxyl groups is 1. The van der Waals surface area contributed by atoms with Crippen molar-refractivity contribution in [2.45, 2.75) is 115 Å². The lowest BCUT2D eigenvalue weighted by atomic mass is 9.82. The molecule has 0 saturated carbocycles. The van der Waals surface area contributed by atoms with Gasteiger partial charge in [-0.2, -0.15) is 40.2 Å². The van der Waals surface area contributed by atoms with Crippen LogP contribution in [0.5, 0.6) is 0 Å². The SMILES string of the molecule is COC(=O)NC(C(=O)N[C@@H](Cc1ccc(C#Cc2cnc(N3CC4CCC(C3)N4C3COC3)nc2)cc1)[C@@H](O)CN(Cc1c(F)cc(-c2ccn(C(F)F)n2)cc1F)NC(=O)[C@@H](NC(=O)OC)C(C)(C)C(F)(F)F)C(C)(C)C(F)(F)F. The molecule has 440 valence electrons. The lowest BCUT2D eigenvalue weighted by Gasteiger charge is -2.47. The summed E-state index contributed by atoms with van der Waals surface area (Å²) in [7, 11) is 1.60. The highest BCUT2D eigenvalue weighted by atomic mass is 19.4. The maximum Gasteiger partial charge on any atom is 0.407 e. The number of halogens is 10. The van der Waals surface area contributed by atoms with Crippen molar-refractivity contribution in [1.29, 1.82) is 0 Å². The molecule has 3 aliphatic heterocycles. The van der Waals surface area contributed by atoms with Crippen molar-refractivity contribution in [3.8, 4) is 23.1 Å². The Morgan fingerprint density at radius 3 is 1.79 bits per heavy atom. The molecule has 4 amide bonds. The number of alkyl carbamates (subject to hydrolysis) is 2. The van der Waals surface area contributed by atoms with E-state index in [1.807, 2.05) is 10.7 Å². The Morgan fingerprint density at radius 1 is 0.778 bits per heavy atom. The third kappa shape index (κ3) is 14.3. The number of ether oxygens (including phenoxy) is 3. The van der Waals surface area contributed by atoms with Gasteiger partial charge in [0.1, 0.15) is 23.7 Å². The summed E-state index contributed by atoms with van der Waals surface area (Å²) in [5.74, 6) is 0.416. The molecule has 7 rings (SSSR count). The number of hydrazine groups is 1. The maximum atomic E-state index is 16.0. The molecule has 4 aromatic rings. The van der Waals surface area contributed by atoms with Crippen LogP contribution in [0.25, 0.3) is 11.3 Å². The highest BCUT2D eigenvalue weighted by molar-refractivity contribution is 5.87. The van der Waals surface area contributed by atoms with Crippen LogP contribution >= 0.6 is 0 Å². The fraction of sp³-hybridized carbons (Fsp3) is 0.519. The van der Waals surface area contributed by atoms with Crippen LogP contribution in [-0.4, -0.2) is 161 Å². The van der Waals surface area contributed by atoms with Gasteiger partial charge in [-0.15, -0.1) is 0 Å².